The van der Waals surface area contributed by atoms with Crippen LogP contribution in [0.2, 0.25) is 0 Å². The fourth-order valence-electron chi connectivity index (χ4n) is 2.38. The predicted molar refractivity (Wildman–Crippen MR) is 82.4 cm³/mol. The first-order valence-corrected chi connectivity index (χ1v) is 6.72. The predicted octanol–water partition coefficient (Wildman–Crippen LogP) is 2.18. The van der Waals surface area contributed by atoms with Gasteiger partial charge in [0.2, 0.25) is 5.91 Å². The molecule has 2 aromatic carbocycles. The molecule has 1 heterocycles. The molecule has 0 atom stereocenters. The fraction of sp³-hybridized carbons (Fsp3) is 0.125. The van der Waals surface area contributed by atoms with Gasteiger partial charge in [-0.2, -0.15) is 0 Å². The number of aromatic nitrogens is 2. The van der Waals surface area contributed by atoms with E-state index in [0.29, 0.717) is 23.1 Å². The van der Waals surface area contributed by atoms with E-state index in [2.05, 4.69) is 4.98 Å². The first-order valence-electron chi connectivity index (χ1n) is 6.72. The van der Waals surface area contributed by atoms with E-state index in [1.165, 1.54) is 0 Å². The van der Waals surface area contributed by atoms with Gasteiger partial charge in [0.15, 0.2) is 0 Å². The van der Waals surface area contributed by atoms with Gasteiger partial charge in [0.1, 0.15) is 0 Å². The van der Waals surface area contributed by atoms with Gasteiger partial charge in [0, 0.05) is 12.1 Å². The van der Waals surface area contributed by atoms with Crippen molar-refractivity contribution in [1.29, 1.82) is 0 Å². The minimum atomic E-state index is -0.423. The number of aromatic amines is 1. The smallest absolute Gasteiger partial charge is 0.333 e. The molecule has 5 heteroatoms. The molecular weight excluding hydrogens is 266 g/mol. The summed E-state index contributed by atoms with van der Waals surface area (Å²) >= 11 is 0. The molecular formula is C16H15N3O2. The van der Waals surface area contributed by atoms with E-state index >= 15 is 0 Å². The summed E-state index contributed by atoms with van der Waals surface area (Å²) < 4.78 is 1.16. The number of imidazole rings is 1. The number of nitrogens with zero attached hydrogens (tertiary/aromatic N) is 1. The normalized spacial score (nSPS) is 10.9. The third-order valence-electron chi connectivity index (χ3n) is 3.43. The number of carbonyl (C=O) groups excluding carboxylic acids is 1. The number of nitrogens with two attached hydrogens (primary N) is 1. The van der Waals surface area contributed by atoms with Gasteiger partial charge in [-0.1, -0.05) is 30.3 Å². The second kappa shape index (κ2) is 5.28. The van der Waals surface area contributed by atoms with Crippen molar-refractivity contribution in [3.05, 3.63) is 64.6 Å². The Morgan fingerprint density at radius 3 is 2.67 bits per heavy atom. The third-order valence-corrected chi connectivity index (χ3v) is 3.43. The number of aryl methyl sites for hydroxylation is 1. The number of nitrogens with one attached hydrogen (secondary N) is 1. The quantitative estimate of drug-likeness (QED) is 0.722. The van der Waals surface area contributed by atoms with Gasteiger partial charge in [-0.15, -0.1) is 0 Å². The Morgan fingerprint density at radius 1 is 1.14 bits per heavy atom. The SMILES string of the molecule is Nc1ccc2[nH]c(=O)n(C(=O)CCc3ccccc3)c2c1. The Hall–Kier alpha value is -2.82. The Labute approximate surface area is 121 Å². The van der Waals surface area contributed by atoms with Gasteiger partial charge in [0.05, 0.1) is 11.0 Å². The molecule has 106 valence electrons. The van der Waals surface area contributed by atoms with Crippen molar-refractivity contribution >= 4 is 22.6 Å². The highest BCUT2D eigenvalue weighted by molar-refractivity contribution is 5.91. The highest BCUT2D eigenvalue weighted by Gasteiger charge is 2.14. The first-order chi connectivity index (χ1) is 10.1. The van der Waals surface area contributed by atoms with Crippen molar-refractivity contribution in [2.24, 2.45) is 0 Å². The number of H-pyrrole nitrogens is 1. The number of rotatable bonds is 3. The number of hydrogen-bond donors (Lipinski definition) is 2. The number of fused-ring (bicyclic) bond motifs is 1. The average Bonchev–Trinajstić information content (AvgIpc) is 2.81. The number of anilines is 1. The molecule has 0 bridgehead atoms. The summed E-state index contributed by atoms with van der Waals surface area (Å²) in [6.07, 6.45) is 0.868. The number of carbonyl (C=O) groups is 1. The largest absolute Gasteiger partial charge is 0.399 e. The lowest BCUT2D eigenvalue weighted by Crippen LogP contribution is -2.24. The van der Waals surface area contributed by atoms with Crippen molar-refractivity contribution in [2.75, 3.05) is 5.73 Å². The van der Waals surface area contributed by atoms with Gasteiger partial charge in [-0.05, 0) is 30.2 Å². The highest BCUT2D eigenvalue weighted by Crippen LogP contribution is 2.15. The van der Waals surface area contributed by atoms with Crippen molar-refractivity contribution in [2.45, 2.75) is 12.8 Å². The summed E-state index contributed by atoms with van der Waals surface area (Å²) in [5, 5.41) is 0. The number of nitrogen functional groups attached to an aromatic ring is 1. The van der Waals surface area contributed by atoms with Crippen LogP contribution in [0.3, 0.4) is 0 Å². The van der Waals surface area contributed by atoms with Crippen LogP contribution in [0.25, 0.3) is 11.0 Å². The monoisotopic (exact) mass is 281 g/mol. The molecule has 5 nitrogen and oxygen atoms in total. The fourth-order valence-corrected chi connectivity index (χ4v) is 2.38. The van der Waals surface area contributed by atoms with E-state index in [4.69, 9.17) is 5.73 Å². The zero-order valence-corrected chi connectivity index (χ0v) is 11.4. The molecule has 0 amide bonds. The highest BCUT2D eigenvalue weighted by atomic mass is 16.2. The maximum Gasteiger partial charge on any atom is 0.333 e. The maximum absolute atomic E-state index is 12.3. The van der Waals surface area contributed by atoms with Crippen LogP contribution in [0.5, 0.6) is 0 Å². The second-order valence-electron chi connectivity index (χ2n) is 4.92. The number of hydrogen-bond acceptors (Lipinski definition) is 3. The van der Waals surface area contributed by atoms with Gasteiger partial charge < -0.3 is 10.7 Å². The summed E-state index contributed by atoms with van der Waals surface area (Å²) in [6.45, 7) is 0. The van der Waals surface area contributed by atoms with Gasteiger partial charge in [0.25, 0.3) is 0 Å². The lowest BCUT2D eigenvalue weighted by Gasteiger charge is -2.03. The molecule has 0 radical (unpaired) electrons. The van der Waals surface area contributed by atoms with E-state index < -0.39 is 5.69 Å². The molecule has 0 saturated carbocycles. The van der Waals surface area contributed by atoms with Crippen LogP contribution in [0.1, 0.15) is 16.8 Å². The molecule has 0 spiro atoms. The van der Waals surface area contributed by atoms with Crippen LogP contribution >= 0.6 is 0 Å². The lowest BCUT2D eigenvalue weighted by molar-refractivity contribution is 0.0904. The molecule has 0 aliphatic rings. The number of benzene rings is 2. The molecule has 0 aliphatic heterocycles. The van der Waals surface area contributed by atoms with Crippen molar-refractivity contribution in [3.63, 3.8) is 0 Å². The van der Waals surface area contributed by atoms with E-state index in [1.807, 2.05) is 30.3 Å². The maximum atomic E-state index is 12.3. The van der Waals surface area contributed by atoms with Gasteiger partial charge in [-0.3, -0.25) is 4.79 Å². The van der Waals surface area contributed by atoms with Crippen LogP contribution < -0.4 is 11.4 Å². The van der Waals surface area contributed by atoms with Gasteiger partial charge >= 0.3 is 5.69 Å². The van der Waals surface area contributed by atoms with E-state index in [1.54, 1.807) is 18.2 Å². The molecule has 0 saturated heterocycles. The zero-order valence-electron chi connectivity index (χ0n) is 11.4. The summed E-state index contributed by atoms with van der Waals surface area (Å²) in [4.78, 5) is 26.9. The average molecular weight is 281 g/mol. The van der Waals surface area contributed by atoms with Crippen LogP contribution in [-0.2, 0) is 6.42 Å². The Bertz CT molecular complexity index is 847. The van der Waals surface area contributed by atoms with Crippen molar-refractivity contribution in [1.82, 2.24) is 9.55 Å². The van der Waals surface area contributed by atoms with Crippen LogP contribution in [0.15, 0.2) is 53.3 Å². The third kappa shape index (κ3) is 2.58. The van der Waals surface area contributed by atoms with Crippen LogP contribution in [-0.4, -0.2) is 15.5 Å². The van der Waals surface area contributed by atoms with Crippen LogP contribution in [0, 0.1) is 0 Å². The van der Waals surface area contributed by atoms with E-state index in [-0.39, 0.29) is 12.3 Å². The Morgan fingerprint density at radius 2 is 1.90 bits per heavy atom. The van der Waals surface area contributed by atoms with E-state index in [0.717, 1.165) is 10.1 Å². The Balaban J connectivity index is 1.89. The first kappa shape index (κ1) is 13.2. The molecule has 1 aromatic heterocycles. The van der Waals surface area contributed by atoms with Gasteiger partial charge in [-0.25, -0.2) is 9.36 Å². The second-order valence-corrected chi connectivity index (χ2v) is 4.92. The standard InChI is InChI=1S/C16H15N3O2/c17-12-7-8-13-14(10-12)19(16(21)18-13)15(20)9-6-11-4-2-1-3-5-11/h1-5,7-8,10H,6,9,17H2,(H,18,21). The summed E-state index contributed by atoms with van der Waals surface area (Å²) in [5.74, 6) is -0.235. The Kier molecular flexibility index (Phi) is 3.31. The van der Waals surface area contributed by atoms with Crippen molar-refractivity contribution < 1.29 is 4.79 Å². The molecule has 3 N–H and O–H groups in total. The summed E-state index contributed by atoms with van der Waals surface area (Å²) in [7, 11) is 0. The van der Waals surface area contributed by atoms with Crippen LogP contribution in [0.4, 0.5) is 5.69 Å². The molecule has 0 unspecified atom stereocenters. The minimum Gasteiger partial charge on any atom is -0.399 e. The molecule has 0 aliphatic carbocycles. The summed E-state index contributed by atoms with van der Waals surface area (Å²) in [5.41, 5.74) is 8.03. The zero-order chi connectivity index (χ0) is 14.8. The summed E-state index contributed by atoms with van der Waals surface area (Å²) in [6, 6.07) is 14.7. The van der Waals surface area contributed by atoms with E-state index in [9.17, 15) is 9.59 Å². The minimum absolute atomic E-state index is 0.235. The molecule has 21 heavy (non-hydrogen) atoms. The van der Waals surface area contributed by atoms with Crippen molar-refractivity contribution in [3.8, 4) is 0 Å². The molecule has 3 rings (SSSR count). The topological polar surface area (TPSA) is 80.9 Å². The molecule has 3 aromatic rings. The molecule has 0 fully saturated rings. The lowest BCUT2D eigenvalue weighted by atomic mass is 10.1.